The van der Waals surface area contributed by atoms with Gasteiger partial charge in [-0.05, 0) is 34.7 Å². The minimum Gasteiger partial charge on any atom is -0.346 e. The van der Waals surface area contributed by atoms with E-state index in [1.54, 1.807) is 12.2 Å². The van der Waals surface area contributed by atoms with E-state index >= 15 is 0 Å². The Morgan fingerprint density at radius 2 is 2.31 bits per heavy atom. The average molecular weight is 291 g/mol. The third-order valence-electron chi connectivity index (χ3n) is 1.28. The third-order valence-corrected chi connectivity index (χ3v) is 1.64. The van der Waals surface area contributed by atoms with Gasteiger partial charge in [-0.2, -0.15) is 4.98 Å². The zero-order valence-electron chi connectivity index (χ0n) is 7.37. The molecule has 0 unspecified atom stereocenters. The van der Waals surface area contributed by atoms with Crippen LogP contribution in [-0.2, 0) is 0 Å². The van der Waals surface area contributed by atoms with Gasteiger partial charge < -0.3 is 4.90 Å². The fourth-order valence-electron chi connectivity index (χ4n) is 0.692. The maximum absolute atomic E-state index is 7.16. The summed E-state index contributed by atoms with van der Waals surface area (Å²) in [6, 6.07) is 0. The van der Waals surface area contributed by atoms with Crippen molar-refractivity contribution >= 4 is 38.3 Å². The van der Waals surface area contributed by atoms with Gasteiger partial charge >= 0.3 is 0 Å². The molecule has 1 rings (SSSR count). The summed E-state index contributed by atoms with van der Waals surface area (Å²) in [4.78, 5) is 5.96. The fourth-order valence-corrected chi connectivity index (χ4v) is 0.871. The maximum Gasteiger partial charge on any atom is 0.244 e. The molecule has 0 fully saturated rings. The predicted molar refractivity (Wildman–Crippen MR) is 61.5 cm³/mol. The Bertz CT molecular complexity index is 327. The van der Waals surface area contributed by atoms with Crippen LogP contribution in [0.1, 0.15) is 5.82 Å². The first-order valence-corrected chi connectivity index (χ1v) is 4.69. The number of anilines is 1. The van der Waals surface area contributed by atoms with Crippen molar-refractivity contribution in [1.82, 2.24) is 15.2 Å². The molecule has 1 aromatic heterocycles. The molecule has 1 heterocycles. The van der Waals surface area contributed by atoms with E-state index in [0.717, 1.165) is 0 Å². The normalized spacial score (nSPS) is 10.7. The zero-order chi connectivity index (χ0) is 9.84. The van der Waals surface area contributed by atoms with E-state index < -0.39 is 0 Å². The lowest BCUT2D eigenvalue weighted by molar-refractivity contribution is 0.998. The zero-order valence-corrected chi connectivity index (χ0v) is 9.53. The smallest absolute Gasteiger partial charge is 0.244 e. The van der Waals surface area contributed by atoms with Gasteiger partial charge in [0.2, 0.25) is 5.95 Å². The third kappa shape index (κ3) is 3.13. The molecule has 5 nitrogen and oxygen atoms in total. The van der Waals surface area contributed by atoms with Crippen LogP contribution in [0.15, 0.2) is 6.08 Å². The predicted octanol–water partition coefficient (Wildman–Crippen LogP) is 1.30. The van der Waals surface area contributed by atoms with Crippen LogP contribution in [-0.4, -0.2) is 33.0 Å². The molecule has 1 aromatic rings. The molecule has 6 heteroatoms. The second-order valence-electron chi connectivity index (χ2n) is 2.60. The number of nitrogens with one attached hydrogen (secondary N) is 2. The van der Waals surface area contributed by atoms with Gasteiger partial charge in [-0.15, -0.1) is 5.10 Å². The van der Waals surface area contributed by atoms with Crippen molar-refractivity contribution in [1.29, 1.82) is 5.41 Å². The van der Waals surface area contributed by atoms with Crippen LogP contribution in [0.2, 0.25) is 0 Å². The van der Waals surface area contributed by atoms with Gasteiger partial charge in [0, 0.05) is 14.1 Å². The van der Waals surface area contributed by atoms with Gasteiger partial charge in [0.1, 0.15) is 5.82 Å². The number of halogens is 1. The van der Waals surface area contributed by atoms with Crippen LogP contribution in [0.25, 0.3) is 6.08 Å². The number of hydrogen-bond donors (Lipinski definition) is 2. The highest BCUT2D eigenvalue weighted by Gasteiger charge is 2.00. The highest BCUT2D eigenvalue weighted by Crippen LogP contribution is 2.03. The molecule has 0 radical (unpaired) electrons. The maximum atomic E-state index is 7.16. The number of aromatic nitrogens is 3. The van der Waals surface area contributed by atoms with Crippen molar-refractivity contribution in [3.8, 4) is 0 Å². The first-order valence-electron chi connectivity index (χ1n) is 3.61. The molecule has 0 amide bonds. The summed E-state index contributed by atoms with van der Waals surface area (Å²) in [6.45, 7) is 0. The Labute approximate surface area is 89.9 Å². The van der Waals surface area contributed by atoms with Gasteiger partial charge in [-0.1, -0.05) is 0 Å². The van der Waals surface area contributed by atoms with Gasteiger partial charge in [0.15, 0.2) is 0 Å². The SMILES string of the molecule is CN(C)c1n[nH]c(/C=C\C(=N)I)n1. The molecule has 0 saturated heterocycles. The summed E-state index contributed by atoms with van der Waals surface area (Å²) in [5, 5.41) is 13.9. The molecule has 0 spiro atoms. The Morgan fingerprint density at radius 1 is 1.62 bits per heavy atom. The van der Waals surface area contributed by atoms with Crippen LogP contribution >= 0.6 is 22.6 Å². The highest BCUT2D eigenvalue weighted by molar-refractivity contribution is 14.1. The Balaban J connectivity index is 2.75. The van der Waals surface area contributed by atoms with E-state index in [0.29, 0.717) is 15.5 Å². The van der Waals surface area contributed by atoms with Crippen LogP contribution in [0.5, 0.6) is 0 Å². The van der Waals surface area contributed by atoms with Crippen molar-refractivity contribution in [2.75, 3.05) is 19.0 Å². The van der Waals surface area contributed by atoms with Gasteiger partial charge in [-0.25, -0.2) is 0 Å². The summed E-state index contributed by atoms with van der Waals surface area (Å²) >= 11 is 1.91. The number of H-pyrrole nitrogens is 1. The Hall–Kier alpha value is -0.920. The summed E-state index contributed by atoms with van der Waals surface area (Å²) in [6.07, 6.45) is 3.37. The molecule has 0 bridgehead atoms. The fraction of sp³-hybridized carbons (Fsp3) is 0.286. The average Bonchev–Trinajstić information content (AvgIpc) is 2.48. The molecular formula is C7H10IN5. The van der Waals surface area contributed by atoms with E-state index in [4.69, 9.17) is 5.41 Å². The van der Waals surface area contributed by atoms with Crippen molar-refractivity contribution in [3.63, 3.8) is 0 Å². The lowest BCUT2D eigenvalue weighted by Crippen LogP contribution is -2.10. The summed E-state index contributed by atoms with van der Waals surface area (Å²) in [5.74, 6) is 1.30. The van der Waals surface area contributed by atoms with E-state index in [-0.39, 0.29) is 0 Å². The topological polar surface area (TPSA) is 68.7 Å². The van der Waals surface area contributed by atoms with Crippen molar-refractivity contribution < 1.29 is 0 Å². The molecular weight excluding hydrogens is 281 g/mol. The van der Waals surface area contributed by atoms with Crippen molar-refractivity contribution in [2.24, 2.45) is 0 Å². The van der Waals surface area contributed by atoms with E-state index in [9.17, 15) is 0 Å². The molecule has 13 heavy (non-hydrogen) atoms. The van der Waals surface area contributed by atoms with Crippen LogP contribution in [0, 0.1) is 5.41 Å². The first-order chi connectivity index (χ1) is 6.09. The van der Waals surface area contributed by atoms with Crippen LogP contribution in [0.3, 0.4) is 0 Å². The molecule has 0 saturated carbocycles. The molecule has 70 valence electrons. The van der Waals surface area contributed by atoms with Crippen molar-refractivity contribution in [3.05, 3.63) is 11.9 Å². The van der Waals surface area contributed by atoms with Gasteiger partial charge in [0.05, 0.1) is 3.72 Å². The number of aromatic amines is 1. The number of hydrogen-bond acceptors (Lipinski definition) is 4. The van der Waals surface area contributed by atoms with E-state index in [1.165, 1.54) is 0 Å². The molecule has 0 aliphatic rings. The lowest BCUT2D eigenvalue weighted by atomic mass is 10.5. The van der Waals surface area contributed by atoms with Crippen molar-refractivity contribution in [2.45, 2.75) is 0 Å². The Morgan fingerprint density at radius 3 is 2.77 bits per heavy atom. The number of allylic oxidation sites excluding steroid dienone is 1. The number of nitrogens with zero attached hydrogens (tertiary/aromatic N) is 3. The van der Waals surface area contributed by atoms with E-state index in [2.05, 4.69) is 15.2 Å². The monoisotopic (exact) mass is 291 g/mol. The van der Waals surface area contributed by atoms with Gasteiger partial charge in [0.25, 0.3) is 0 Å². The minimum atomic E-state index is 0.459. The Kier molecular flexibility index (Phi) is 3.40. The molecule has 2 N–H and O–H groups in total. The standard InChI is InChI=1S/C7H10IN5/c1-13(2)7-10-6(11-12-7)4-3-5(8)9/h3-4,9H,1-2H3,(H,10,11,12)/b4-3-,9-5?. The molecule has 0 aliphatic heterocycles. The van der Waals surface area contributed by atoms with Crippen LogP contribution in [0.4, 0.5) is 5.95 Å². The second kappa shape index (κ2) is 4.35. The molecule has 0 aromatic carbocycles. The molecule has 0 atom stereocenters. The number of rotatable bonds is 3. The first kappa shape index (κ1) is 10.2. The lowest BCUT2D eigenvalue weighted by Gasteiger charge is -2.03. The molecule has 0 aliphatic carbocycles. The largest absolute Gasteiger partial charge is 0.346 e. The van der Waals surface area contributed by atoms with E-state index in [1.807, 2.05) is 41.6 Å². The van der Waals surface area contributed by atoms with Gasteiger partial charge in [-0.3, -0.25) is 10.5 Å². The second-order valence-corrected chi connectivity index (χ2v) is 3.76. The summed E-state index contributed by atoms with van der Waals surface area (Å²) < 4.78 is 0.459. The van der Waals surface area contributed by atoms with Crippen LogP contribution < -0.4 is 4.90 Å². The quantitative estimate of drug-likeness (QED) is 0.651. The highest BCUT2D eigenvalue weighted by atomic mass is 127. The summed E-state index contributed by atoms with van der Waals surface area (Å²) in [7, 11) is 3.74. The minimum absolute atomic E-state index is 0.459. The summed E-state index contributed by atoms with van der Waals surface area (Å²) in [5.41, 5.74) is 0.